The molecule has 0 atom stereocenters. The van der Waals surface area contributed by atoms with E-state index in [1.165, 1.54) is 5.56 Å². The molecule has 0 bridgehead atoms. The topological polar surface area (TPSA) is 17.1 Å². The van der Waals surface area contributed by atoms with Gasteiger partial charge in [-0.05, 0) is 17.4 Å². The van der Waals surface area contributed by atoms with Gasteiger partial charge in [-0.1, -0.05) is 50.3 Å². The molecule has 0 saturated heterocycles. The molecule has 0 radical (unpaired) electrons. The molecule has 0 unspecified atom stereocenters. The lowest BCUT2D eigenvalue weighted by Gasteiger charge is -2.23. The molecule has 0 fully saturated rings. The first-order valence-electron chi connectivity index (χ1n) is 4.62. The molecular formula is C13H18O. The number of hydrogen-bond acceptors (Lipinski definition) is 1. The lowest BCUT2D eigenvalue weighted by atomic mass is 9.82. The maximum Gasteiger partial charge on any atom is 0.106 e. The van der Waals surface area contributed by atoms with Gasteiger partial charge in [-0.3, -0.25) is 0 Å². The first-order valence-corrected chi connectivity index (χ1v) is 4.62. The van der Waals surface area contributed by atoms with Crippen molar-refractivity contribution in [2.24, 2.45) is 0 Å². The van der Waals surface area contributed by atoms with Crippen LogP contribution < -0.4 is 0 Å². The molecule has 1 aromatic rings. The van der Waals surface area contributed by atoms with Crippen molar-refractivity contribution in [1.82, 2.24) is 0 Å². The van der Waals surface area contributed by atoms with E-state index >= 15 is 0 Å². The SMILES string of the molecule is C=CCC(C)(C)c1ccccc1.C=O. The Kier molecular flexibility index (Phi) is 5.54. The fourth-order valence-electron chi connectivity index (χ4n) is 1.37. The van der Waals surface area contributed by atoms with Crippen molar-refractivity contribution < 1.29 is 4.79 Å². The molecule has 1 rings (SSSR count). The van der Waals surface area contributed by atoms with Gasteiger partial charge in [-0.25, -0.2) is 0 Å². The average molecular weight is 190 g/mol. The maximum atomic E-state index is 8.00. The number of rotatable bonds is 3. The highest BCUT2D eigenvalue weighted by molar-refractivity contribution is 5.24. The molecule has 76 valence electrons. The summed E-state index contributed by atoms with van der Waals surface area (Å²) in [6.07, 6.45) is 3.00. The number of hydrogen-bond donors (Lipinski definition) is 0. The Balaban J connectivity index is 0.000000791. The Morgan fingerprint density at radius 3 is 2.14 bits per heavy atom. The molecular weight excluding hydrogens is 172 g/mol. The van der Waals surface area contributed by atoms with Crippen LogP contribution >= 0.6 is 0 Å². The third-order valence-corrected chi connectivity index (χ3v) is 2.21. The van der Waals surface area contributed by atoms with Crippen LogP contribution in [-0.2, 0) is 10.2 Å². The summed E-state index contributed by atoms with van der Waals surface area (Å²) in [4.78, 5) is 8.00. The van der Waals surface area contributed by atoms with Gasteiger partial charge in [0.25, 0.3) is 0 Å². The van der Waals surface area contributed by atoms with Gasteiger partial charge in [0.1, 0.15) is 6.79 Å². The second-order valence-corrected chi connectivity index (χ2v) is 3.74. The van der Waals surface area contributed by atoms with Crippen molar-refractivity contribution in [2.45, 2.75) is 25.7 Å². The van der Waals surface area contributed by atoms with Crippen molar-refractivity contribution in [3.05, 3.63) is 48.6 Å². The molecule has 14 heavy (non-hydrogen) atoms. The zero-order valence-electron chi connectivity index (χ0n) is 8.99. The second-order valence-electron chi connectivity index (χ2n) is 3.74. The molecule has 0 aliphatic carbocycles. The Hall–Kier alpha value is -1.37. The third kappa shape index (κ3) is 3.56. The van der Waals surface area contributed by atoms with E-state index in [4.69, 9.17) is 4.79 Å². The predicted octanol–water partition coefficient (Wildman–Crippen LogP) is 3.36. The van der Waals surface area contributed by atoms with Crippen LogP contribution in [0.3, 0.4) is 0 Å². The Morgan fingerprint density at radius 1 is 1.21 bits per heavy atom. The minimum atomic E-state index is 0.225. The maximum absolute atomic E-state index is 8.00. The molecule has 1 heteroatoms. The van der Waals surface area contributed by atoms with E-state index < -0.39 is 0 Å². The first kappa shape index (κ1) is 12.6. The van der Waals surface area contributed by atoms with E-state index in [2.05, 4.69) is 44.7 Å². The second kappa shape index (κ2) is 6.14. The minimum Gasteiger partial charge on any atom is -0.307 e. The van der Waals surface area contributed by atoms with Crippen LogP contribution in [0.5, 0.6) is 0 Å². The number of carbonyl (C=O) groups excluding carboxylic acids is 1. The largest absolute Gasteiger partial charge is 0.307 e. The molecule has 0 N–H and O–H groups in total. The zero-order chi connectivity index (χ0) is 11.0. The molecule has 0 amide bonds. The van der Waals surface area contributed by atoms with Gasteiger partial charge >= 0.3 is 0 Å². The van der Waals surface area contributed by atoms with Crippen LogP contribution in [0.15, 0.2) is 43.0 Å². The standard InChI is InChI=1S/C12H16.CH2O/c1-4-10-12(2,3)11-8-6-5-7-9-11;1-2/h4-9H,1,10H2,2-3H3;1H2. The molecule has 0 aliphatic heterocycles. The van der Waals surface area contributed by atoms with Gasteiger partial charge in [0.05, 0.1) is 0 Å². The summed E-state index contributed by atoms with van der Waals surface area (Å²) in [5, 5.41) is 0. The highest BCUT2D eigenvalue weighted by Gasteiger charge is 2.17. The van der Waals surface area contributed by atoms with Crippen molar-refractivity contribution in [2.75, 3.05) is 0 Å². The Bertz CT molecular complexity index is 262. The first-order chi connectivity index (χ1) is 6.67. The molecule has 1 nitrogen and oxygen atoms in total. The predicted molar refractivity (Wildman–Crippen MR) is 61.4 cm³/mol. The summed E-state index contributed by atoms with van der Waals surface area (Å²) in [7, 11) is 0. The van der Waals surface area contributed by atoms with Crippen LogP contribution in [0.4, 0.5) is 0 Å². The molecule has 0 saturated carbocycles. The Morgan fingerprint density at radius 2 is 1.71 bits per heavy atom. The molecule has 0 aromatic heterocycles. The van der Waals surface area contributed by atoms with Crippen molar-refractivity contribution in [1.29, 1.82) is 0 Å². The lowest BCUT2D eigenvalue weighted by molar-refractivity contribution is -0.0979. The zero-order valence-corrected chi connectivity index (χ0v) is 8.99. The van der Waals surface area contributed by atoms with E-state index in [0.29, 0.717) is 0 Å². The van der Waals surface area contributed by atoms with Gasteiger partial charge in [0, 0.05) is 0 Å². The summed E-state index contributed by atoms with van der Waals surface area (Å²) in [5.41, 5.74) is 1.60. The van der Waals surface area contributed by atoms with Gasteiger partial charge in [-0.15, -0.1) is 6.58 Å². The van der Waals surface area contributed by atoms with Crippen molar-refractivity contribution in [3.63, 3.8) is 0 Å². The molecule has 0 heterocycles. The fraction of sp³-hybridized carbons (Fsp3) is 0.308. The number of allylic oxidation sites excluding steroid dienone is 1. The van der Waals surface area contributed by atoms with E-state index in [-0.39, 0.29) is 5.41 Å². The van der Waals surface area contributed by atoms with E-state index in [1.807, 2.05) is 18.9 Å². The van der Waals surface area contributed by atoms with Gasteiger partial charge in [-0.2, -0.15) is 0 Å². The summed E-state index contributed by atoms with van der Waals surface area (Å²) in [6.45, 7) is 10.3. The average Bonchev–Trinajstić information content (AvgIpc) is 2.22. The van der Waals surface area contributed by atoms with Crippen molar-refractivity contribution >= 4 is 6.79 Å². The normalized spacial score (nSPS) is 9.86. The van der Waals surface area contributed by atoms with Crippen LogP contribution in [0.25, 0.3) is 0 Å². The number of benzene rings is 1. The van der Waals surface area contributed by atoms with Crippen molar-refractivity contribution in [3.8, 4) is 0 Å². The summed E-state index contributed by atoms with van der Waals surface area (Å²) in [5.74, 6) is 0. The smallest absolute Gasteiger partial charge is 0.106 e. The van der Waals surface area contributed by atoms with Crippen LogP contribution in [0, 0.1) is 0 Å². The molecule has 1 aromatic carbocycles. The highest BCUT2D eigenvalue weighted by Crippen LogP contribution is 2.26. The monoisotopic (exact) mass is 190 g/mol. The number of carbonyl (C=O) groups is 1. The van der Waals surface area contributed by atoms with Crippen LogP contribution in [-0.4, -0.2) is 6.79 Å². The third-order valence-electron chi connectivity index (χ3n) is 2.21. The lowest BCUT2D eigenvalue weighted by Crippen LogP contribution is -2.15. The quantitative estimate of drug-likeness (QED) is 0.668. The van der Waals surface area contributed by atoms with E-state index in [0.717, 1.165) is 6.42 Å². The van der Waals surface area contributed by atoms with Crippen LogP contribution in [0.1, 0.15) is 25.8 Å². The van der Waals surface area contributed by atoms with E-state index in [9.17, 15) is 0 Å². The van der Waals surface area contributed by atoms with Gasteiger partial charge in [0.2, 0.25) is 0 Å². The van der Waals surface area contributed by atoms with Gasteiger partial charge < -0.3 is 4.79 Å². The molecule has 0 aliphatic rings. The van der Waals surface area contributed by atoms with Gasteiger partial charge in [0.15, 0.2) is 0 Å². The van der Waals surface area contributed by atoms with E-state index in [1.54, 1.807) is 0 Å². The highest BCUT2D eigenvalue weighted by atomic mass is 16.1. The fourth-order valence-corrected chi connectivity index (χ4v) is 1.37. The summed E-state index contributed by atoms with van der Waals surface area (Å²) in [6, 6.07) is 10.6. The minimum absolute atomic E-state index is 0.225. The molecule has 0 spiro atoms. The summed E-state index contributed by atoms with van der Waals surface area (Å²) >= 11 is 0. The van der Waals surface area contributed by atoms with Crippen LogP contribution in [0.2, 0.25) is 0 Å². The Labute approximate surface area is 86.5 Å². The summed E-state index contributed by atoms with van der Waals surface area (Å²) < 4.78 is 0.